The number of anilines is 6. The topological polar surface area (TPSA) is 106 Å². The molecule has 2 aromatic heterocycles. The zero-order valence-corrected chi connectivity index (χ0v) is 54.8. The van der Waals surface area contributed by atoms with Gasteiger partial charge in [-0.05, 0) is 141 Å². The lowest BCUT2D eigenvalue weighted by molar-refractivity contribution is 0.590. The van der Waals surface area contributed by atoms with Gasteiger partial charge in [-0.2, -0.15) is 10.5 Å². The van der Waals surface area contributed by atoms with E-state index in [0.29, 0.717) is 56.2 Å². The van der Waals surface area contributed by atoms with Crippen LogP contribution in [0.2, 0.25) is 39.3 Å². The minimum atomic E-state index is -1.73. The number of rotatable bonds is 12. The van der Waals surface area contributed by atoms with E-state index in [1.807, 2.05) is 36.4 Å². The van der Waals surface area contributed by atoms with Crippen molar-refractivity contribution in [3.63, 3.8) is 0 Å². The molecule has 1 aliphatic rings. The highest BCUT2D eigenvalue weighted by Gasteiger charge is 2.51. The van der Waals surface area contributed by atoms with Crippen molar-refractivity contribution in [2.45, 2.75) is 97.1 Å². The summed E-state index contributed by atoms with van der Waals surface area (Å²) in [5.74, 6) is 0.738. The molecule has 0 spiro atoms. The van der Waals surface area contributed by atoms with E-state index in [2.05, 4.69) is 273 Å². The number of benzene rings is 10. The summed E-state index contributed by atoms with van der Waals surface area (Å²) in [6.45, 7) is 27.8. The number of fused-ring (bicyclic) bond motifs is 7. The first kappa shape index (κ1) is 58.2. The molecule has 2 heterocycles. The molecule has 13 rings (SSSR count). The summed E-state index contributed by atoms with van der Waals surface area (Å²) >= 11 is 0. The quantitative estimate of drug-likeness (QED) is 0.111. The van der Waals surface area contributed by atoms with Crippen LogP contribution in [0.1, 0.15) is 86.1 Å². The van der Waals surface area contributed by atoms with E-state index in [1.54, 1.807) is 12.1 Å². The largest absolute Gasteiger partial charge is 0.435 e. The van der Waals surface area contributed by atoms with Gasteiger partial charge in [-0.3, -0.25) is 0 Å². The molecule has 0 N–H and O–H groups in total. The molecule has 0 unspecified atom stereocenters. The van der Waals surface area contributed by atoms with E-state index in [9.17, 15) is 10.5 Å². The predicted octanol–water partition coefficient (Wildman–Crippen LogP) is 20.0. The van der Waals surface area contributed by atoms with Crippen LogP contribution in [-0.2, 0) is 16.2 Å². The Bertz CT molecular complexity index is 4340. The number of oxazole rings is 2. The Kier molecular flexibility index (Phi) is 14.2. The Hall–Kier alpha value is -9.85. The summed E-state index contributed by atoms with van der Waals surface area (Å²) in [7, 11) is -3.46. The van der Waals surface area contributed by atoms with Gasteiger partial charge in [0.2, 0.25) is 11.8 Å². The molecule has 0 radical (unpaired) electrons. The maximum absolute atomic E-state index is 10.3. The van der Waals surface area contributed by atoms with Gasteiger partial charge in [-0.25, -0.2) is 9.97 Å². The molecule has 0 aliphatic heterocycles. The third-order valence-electron chi connectivity index (χ3n) is 17.7. The first-order valence-corrected chi connectivity index (χ1v) is 37.7. The summed E-state index contributed by atoms with van der Waals surface area (Å²) in [5, 5.41) is 23.4. The molecule has 0 amide bonds. The maximum atomic E-state index is 10.3. The lowest BCUT2D eigenvalue weighted by atomic mass is 9.67. The van der Waals surface area contributed by atoms with Crippen molar-refractivity contribution in [1.82, 2.24) is 9.97 Å². The summed E-state index contributed by atoms with van der Waals surface area (Å²) in [4.78, 5) is 15.9. The summed E-state index contributed by atoms with van der Waals surface area (Å²) in [6.07, 6.45) is 0. The number of hydrogen-bond donors (Lipinski definition) is 0. The molecule has 8 nitrogen and oxygen atoms in total. The molecule has 0 fully saturated rings. The van der Waals surface area contributed by atoms with Crippen LogP contribution in [-0.4, -0.2) is 26.1 Å². The highest BCUT2D eigenvalue weighted by atomic mass is 28.3. The van der Waals surface area contributed by atoms with E-state index in [-0.39, 0.29) is 10.8 Å². The SMILES string of the molecule is CC(C)(C)c1ccc(N(c2ccc([Si](C)(C)C)cc2)c2cc3c(c4oc(-c5cccc(C#N)c5)nc24)-c2c(cc(N(c4ccc(C(C)(C)C)cc4)c4ccc([Si](C)(C)C)cc4)c4nc(-c5cccc(C#N)c5)oc24)C3(c2ccccc2)c2ccccc2)cc1. The second-order valence-electron chi connectivity index (χ2n) is 27.8. The van der Waals surface area contributed by atoms with Crippen molar-refractivity contribution in [3.8, 4) is 46.2 Å². The van der Waals surface area contributed by atoms with E-state index < -0.39 is 21.6 Å². The molecule has 10 heteroatoms. The second kappa shape index (κ2) is 21.8. The van der Waals surface area contributed by atoms with Crippen molar-refractivity contribution in [2.24, 2.45) is 0 Å². The van der Waals surface area contributed by atoms with Gasteiger partial charge in [0.1, 0.15) is 11.0 Å². The first-order chi connectivity index (χ1) is 42.5. The van der Waals surface area contributed by atoms with Crippen LogP contribution < -0.4 is 20.2 Å². The minimum absolute atomic E-state index is 0.0922. The van der Waals surface area contributed by atoms with Gasteiger partial charge < -0.3 is 18.6 Å². The van der Waals surface area contributed by atoms with E-state index in [1.165, 1.54) is 21.5 Å². The highest BCUT2D eigenvalue weighted by Crippen LogP contribution is 2.63. The Morgan fingerprint density at radius 1 is 0.404 bits per heavy atom. The smallest absolute Gasteiger partial charge is 0.227 e. The van der Waals surface area contributed by atoms with Crippen LogP contribution in [0.3, 0.4) is 0 Å². The summed E-state index contributed by atoms with van der Waals surface area (Å²) in [5.41, 5.74) is 16.9. The zero-order chi connectivity index (χ0) is 62.4. The molecule has 438 valence electrons. The van der Waals surface area contributed by atoms with E-state index in [4.69, 9.17) is 18.8 Å². The fourth-order valence-corrected chi connectivity index (χ4v) is 15.2. The molecule has 12 aromatic rings. The van der Waals surface area contributed by atoms with Gasteiger partial charge in [0, 0.05) is 45.0 Å². The monoisotopic (exact) mass is 1190 g/mol. The van der Waals surface area contributed by atoms with Crippen LogP contribution in [0.5, 0.6) is 0 Å². The fourth-order valence-electron chi connectivity index (χ4n) is 12.9. The molecule has 89 heavy (non-hydrogen) atoms. The van der Waals surface area contributed by atoms with Crippen LogP contribution in [0.25, 0.3) is 56.2 Å². The molecule has 0 bridgehead atoms. The minimum Gasteiger partial charge on any atom is -0.435 e. The first-order valence-electron chi connectivity index (χ1n) is 30.7. The van der Waals surface area contributed by atoms with Gasteiger partial charge in [0.05, 0.1) is 56.2 Å². The zero-order valence-electron chi connectivity index (χ0n) is 52.8. The third kappa shape index (κ3) is 10.3. The lowest BCUT2D eigenvalue weighted by Gasteiger charge is -2.36. The Balaban J connectivity index is 1.23. The van der Waals surface area contributed by atoms with Crippen molar-refractivity contribution in [3.05, 3.63) is 263 Å². The number of nitriles is 2. The van der Waals surface area contributed by atoms with Gasteiger partial charge in [0.15, 0.2) is 11.2 Å². The normalized spacial score (nSPS) is 13.0. The highest BCUT2D eigenvalue weighted by molar-refractivity contribution is 6.89. The maximum Gasteiger partial charge on any atom is 0.227 e. The Labute approximate surface area is 525 Å². The van der Waals surface area contributed by atoms with Crippen molar-refractivity contribution in [2.75, 3.05) is 9.80 Å². The van der Waals surface area contributed by atoms with Crippen molar-refractivity contribution >= 4 is 82.8 Å². The molecule has 0 saturated heterocycles. The standard InChI is InChI=1S/C79H72N6O2Si2/c1-77(2,3)55-29-33-59(34-30-55)84(61-37-41-63(42-38-61)88(7,8)9)67-47-65-69(73-71(67)82-75(86-73)53-23-19-21-51(45-53)49-80)70-66(79(65,57-25-15-13-16-26-57)58-27-17-14-18-28-58)48-68(72-74(70)87-76(83-72)54-24-20-22-52(46-54)50-81)85(60-35-31-56(32-36-60)78(4,5)6)62-39-43-64(44-40-62)89(10,11)12/h13-48H,1-12H3. The van der Waals surface area contributed by atoms with E-state index >= 15 is 0 Å². The fraction of sp³-hybridized carbons (Fsp3) is 0.190. The second-order valence-corrected chi connectivity index (χ2v) is 37.9. The molecule has 10 aromatic carbocycles. The van der Waals surface area contributed by atoms with Gasteiger partial charge in [-0.15, -0.1) is 0 Å². The Morgan fingerprint density at radius 2 is 0.742 bits per heavy atom. The lowest BCUT2D eigenvalue weighted by Crippen LogP contribution is -2.37. The molecule has 1 aliphatic carbocycles. The van der Waals surface area contributed by atoms with E-state index in [0.717, 1.165) is 67.5 Å². The molecular formula is C79H72N6O2Si2. The predicted molar refractivity (Wildman–Crippen MR) is 372 cm³/mol. The third-order valence-corrected chi connectivity index (χ3v) is 21.8. The number of hydrogen-bond acceptors (Lipinski definition) is 8. The van der Waals surface area contributed by atoms with Gasteiger partial charge >= 0.3 is 0 Å². The van der Waals surface area contributed by atoms with Crippen LogP contribution in [0.4, 0.5) is 34.1 Å². The molecule has 0 saturated carbocycles. The van der Waals surface area contributed by atoms with Crippen molar-refractivity contribution in [1.29, 1.82) is 10.5 Å². The average Bonchev–Trinajstić information content (AvgIpc) is 1.52. The van der Waals surface area contributed by atoms with Crippen LogP contribution in [0, 0.1) is 22.7 Å². The van der Waals surface area contributed by atoms with Crippen LogP contribution in [0.15, 0.2) is 227 Å². The Morgan fingerprint density at radius 3 is 1.06 bits per heavy atom. The number of nitrogens with zero attached hydrogens (tertiary/aromatic N) is 6. The number of aromatic nitrogens is 2. The van der Waals surface area contributed by atoms with Gasteiger partial charge in [0.25, 0.3) is 0 Å². The summed E-state index contributed by atoms with van der Waals surface area (Å²) in [6, 6.07) is 82.2. The average molecular weight is 1190 g/mol. The van der Waals surface area contributed by atoms with Gasteiger partial charge in [-0.1, -0.05) is 213 Å². The molecule has 0 atom stereocenters. The van der Waals surface area contributed by atoms with Crippen molar-refractivity contribution < 1.29 is 8.83 Å². The van der Waals surface area contributed by atoms with Crippen LogP contribution >= 0.6 is 0 Å². The summed E-state index contributed by atoms with van der Waals surface area (Å²) < 4.78 is 15.1. The molecular weight excluding hydrogens is 1120 g/mol.